The predicted molar refractivity (Wildman–Crippen MR) is 65.3 cm³/mol. The molecule has 1 fully saturated rings. The molecule has 1 aliphatic rings. The van der Waals surface area contributed by atoms with E-state index in [0.717, 1.165) is 13.1 Å². The maximum absolute atomic E-state index is 9.43. The van der Waals surface area contributed by atoms with Gasteiger partial charge in [-0.1, -0.05) is 0 Å². The molecule has 0 radical (unpaired) electrons. The molecule has 0 spiro atoms. The molecule has 2 atom stereocenters. The van der Waals surface area contributed by atoms with Crippen molar-refractivity contribution in [2.24, 2.45) is 5.73 Å². The monoisotopic (exact) mass is 230 g/mol. The van der Waals surface area contributed by atoms with Crippen LogP contribution >= 0.6 is 0 Å². The molecular formula is C12H26N2O2. The van der Waals surface area contributed by atoms with Crippen LogP contribution in [0.2, 0.25) is 0 Å². The summed E-state index contributed by atoms with van der Waals surface area (Å²) in [5.74, 6) is 0. The fourth-order valence-electron chi connectivity index (χ4n) is 2.70. The molecule has 96 valence electrons. The minimum atomic E-state index is -0.190. The molecule has 1 rings (SSSR count). The highest BCUT2D eigenvalue weighted by Crippen LogP contribution is 2.29. The van der Waals surface area contributed by atoms with E-state index < -0.39 is 0 Å². The number of hydrogen-bond donors (Lipinski definition) is 2. The molecule has 0 amide bonds. The first-order valence-corrected chi connectivity index (χ1v) is 5.97. The average Bonchev–Trinajstić information content (AvgIpc) is 1.97. The summed E-state index contributed by atoms with van der Waals surface area (Å²) in [4.78, 5) is 2.24. The third-order valence-electron chi connectivity index (χ3n) is 2.98. The normalized spacial score (nSPS) is 28.7. The zero-order chi connectivity index (χ0) is 12.6. The molecular weight excluding hydrogens is 204 g/mol. The Kier molecular flexibility index (Phi) is 4.00. The second-order valence-corrected chi connectivity index (χ2v) is 6.14. The quantitative estimate of drug-likeness (QED) is 0.745. The molecule has 16 heavy (non-hydrogen) atoms. The summed E-state index contributed by atoms with van der Waals surface area (Å²) in [5, 5.41) is 9.43. The Morgan fingerprint density at radius 1 is 1.25 bits per heavy atom. The van der Waals surface area contributed by atoms with Crippen LogP contribution in [-0.2, 0) is 4.74 Å². The molecule has 4 nitrogen and oxygen atoms in total. The lowest BCUT2D eigenvalue weighted by Crippen LogP contribution is -2.63. The van der Waals surface area contributed by atoms with Gasteiger partial charge in [0.05, 0.1) is 17.8 Å². The highest BCUT2D eigenvalue weighted by molar-refractivity contribution is 4.93. The van der Waals surface area contributed by atoms with Crippen molar-refractivity contribution < 1.29 is 9.84 Å². The molecule has 0 saturated carbocycles. The predicted octanol–water partition coefficient (Wildman–Crippen LogP) is 0.584. The fourth-order valence-corrected chi connectivity index (χ4v) is 2.70. The molecule has 2 unspecified atom stereocenters. The SMILES string of the molecule is CC(N)C(CO)N1CC(C)(C)OC(C)(C)C1. The molecule has 0 aromatic rings. The van der Waals surface area contributed by atoms with Crippen LogP contribution in [0.25, 0.3) is 0 Å². The topological polar surface area (TPSA) is 58.7 Å². The van der Waals surface area contributed by atoms with Gasteiger partial charge in [-0.15, -0.1) is 0 Å². The van der Waals surface area contributed by atoms with Crippen molar-refractivity contribution in [2.75, 3.05) is 19.7 Å². The van der Waals surface area contributed by atoms with E-state index in [1.54, 1.807) is 0 Å². The largest absolute Gasteiger partial charge is 0.395 e. The van der Waals surface area contributed by atoms with Crippen molar-refractivity contribution in [1.82, 2.24) is 4.90 Å². The number of hydrogen-bond acceptors (Lipinski definition) is 4. The van der Waals surface area contributed by atoms with Gasteiger partial charge in [-0.25, -0.2) is 0 Å². The van der Waals surface area contributed by atoms with Crippen molar-refractivity contribution in [3.05, 3.63) is 0 Å². The lowest BCUT2D eigenvalue weighted by molar-refractivity contribution is -0.190. The minimum Gasteiger partial charge on any atom is -0.395 e. The van der Waals surface area contributed by atoms with E-state index in [0.29, 0.717) is 0 Å². The Balaban J connectivity index is 2.80. The fraction of sp³-hybridized carbons (Fsp3) is 1.00. The van der Waals surface area contributed by atoms with Crippen LogP contribution in [0.4, 0.5) is 0 Å². The lowest BCUT2D eigenvalue weighted by Gasteiger charge is -2.50. The van der Waals surface area contributed by atoms with Crippen LogP contribution in [0.15, 0.2) is 0 Å². The highest BCUT2D eigenvalue weighted by atomic mass is 16.5. The van der Waals surface area contributed by atoms with Crippen LogP contribution in [-0.4, -0.2) is 53.0 Å². The highest BCUT2D eigenvalue weighted by Gasteiger charge is 2.40. The smallest absolute Gasteiger partial charge is 0.0760 e. The van der Waals surface area contributed by atoms with Gasteiger partial charge in [0.1, 0.15) is 0 Å². The van der Waals surface area contributed by atoms with Gasteiger partial charge in [0.2, 0.25) is 0 Å². The molecule has 0 aromatic carbocycles. The average molecular weight is 230 g/mol. The summed E-state index contributed by atoms with van der Waals surface area (Å²) in [6, 6.07) is -0.0165. The maximum atomic E-state index is 9.43. The van der Waals surface area contributed by atoms with Gasteiger partial charge < -0.3 is 15.6 Å². The molecule has 1 heterocycles. The molecule has 0 aromatic heterocycles. The van der Waals surface area contributed by atoms with Gasteiger partial charge in [0, 0.05) is 25.2 Å². The Morgan fingerprint density at radius 2 is 1.69 bits per heavy atom. The van der Waals surface area contributed by atoms with E-state index in [-0.39, 0.29) is 29.9 Å². The second kappa shape index (κ2) is 4.61. The van der Waals surface area contributed by atoms with E-state index in [1.165, 1.54) is 0 Å². The zero-order valence-corrected chi connectivity index (χ0v) is 11.2. The Morgan fingerprint density at radius 3 is 2.00 bits per heavy atom. The third kappa shape index (κ3) is 3.42. The summed E-state index contributed by atoms with van der Waals surface area (Å²) < 4.78 is 6.00. The number of aliphatic hydroxyl groups is 1. The molecule has 1 saturated heterocycles. The first kappa shape index (κ1) is 13.9. The molecule has 3 N–H and O–H groups in total. The Bertz CT molecular complexity index is 223. The number of nitrogens with two attached hydrogens (primary N) is 1. The van der Waals surface area contributed by atoms with E-state index in [4.69, 9.17) is 10.5 Å². The number of morpholine rings is 1. The summed E-state index contributed by atoms with van der Waals surface area (Å²) in [6.07, 6.45) is 0. The lowest BCUT2D eigenvalue weighted by atomic mass is 9.96. The first-order chi connectivity index (χ1) is 7.17. The van der Waals surface area contributed by atoms with Crippen LogP contribution in [0.5, 0.6) is 0 Å². The number of rotatable bonds is 3. The summed E-state index contributed by atoms with van der Waals surface area (Å²) >= 11 is 0. The number of aliphatic hydroxyl groups excluding tert-OH is 1. The second-order valence-electron chi connectivity index (χ2n) is 6.14. The van der Waals surface area contributed by atoms with Crippen LogP contribution < -0.4 is 5.73 Å². The maximum Gasteiger partial charge on any atom is 0.0760 e. The Labute approximate surface area is 98.8 Å². The number of ether oxygens (including phenoxy) is 1. The van der Waals surface area contributed by atoms with E-state index in [2.05, 4.69) is 32.6 Å². The summed E-state index contributed by atoms with van der Waals surface area (Å²) in [7, 11) is 0. The molecule has 1 aliphatic heterocycles. The van der Waals surface area contributed by atoms with Gasteiger partial charge in [-0.3, -0.25) is 4.90 Å². The van der Waals surface area contributed by atoms with Gasteiger partial charge in [0.25, 0.3) is 0 Å². The van der Waals surface area contributed by atoms with Crippen LogP contribution in [0.3, 0.4) is 0 Å². The van der Waals surface area contributed by atoms with Crippen molar-refractivity contribution in [2.45, 2.75) is 57.9 Å². The first-order valence-electron chi connectivity index (χ1n) is 5.97. The van der Waals surface area contributed by atoms with Gasteiger partial charge in [-0.2, -0.15) is 0 Å². The van der Waals surface area contributed by atoms with Gasteiger partial charge in [0.15, 0.2) is 0 Å². The van der Waals surface area contributed by atoms with E-state index in [1.807, 2.05) is 6.92 Å². The summed E-state index contributed by atoms with van der Waals surface area (Å²) in [6.45, 7) is 12.0. The van der Waals surface area contributed by atoms with Crippen LogP contribution in [0.1, 0.15) is 34.6 Å². The van der Waals surface area contributed by atoms with Crippen molar-refractivity contribution >= 4 is 0 Å². The van der Waals surface area contributed by atoms with Crippen molar-refractivity contribution in [1.29, 1.82) is 0 Å². The van der Waals surface area contributed by atoms with Crippen molar-refractivity contribution in [3.63, 3.8) is 0 Å². The van der Waals surface area contributed by atoms with Crippen LogP contribution in [0, 0.1) is 0 Å². The standard InChI is InChI=1S/C12H26N2O2/c1-9(13)10(6-15)14-7-11(2,3)16-12(4,5)8-14/h9-10,15H,6-8,13H2,1-5H3. The number of nitrogens with zero attached hydrogens (tertiary/aromatic N) is 1. The summed E-state index contributed by atoms with van der Waals surface area (Å²) in [5.41, 5.74) is 5.53. The molecule has 4 heteroatoms. The minimum absolute atomic E-state index is 0.0162. The van der Waals surface area contributed by atoms with Gasteiger partial charge in [-0.05, 0) is 34.6 Å². The van der Waals surface area contributed by atoms with E-state index >= 15 is 0 Å². The molecule has 0 bridgehead atoms. The molecule has 0 aliphatic carbocycles. The third-order valence-corrected chi connectivity index (χ3v) is 2.98. The zero-order valence-electron chi connectivity index (χ0n) is 11.2. The van der Waals surface area contributed by atoms with Gasteiger partial charge >= 0.3 is 0 Å². The van der Waals surface area contributed by atoms with E-state index in [9.17, 15) is 5.11 Å². The van der Waals surface area contributed by atoms with Crippen molar-refractivity contribution in [3.8, 4) is 0 Å². The Hall–Kier alpha value is -0.160.